The molecule has 14 heavy (non-hydrogen) atoms. The number of rotatable bonds is 7. The predicted octanol–water partition coefficient (Wildman–Crippen LogP) is 2.97. The summed E-state index contributed by atoms with van der Waals surface area (Å²) in [7, 11) is 1.77. The Labute approximate surface area is 89.4 Å². The normalized spacial score (nSPS) is 13.3. The van der Waals surface area contributed by atoms with Gasteiger partial charge in [0.2, 0.25) is 0 Å². The maximum Gasteiger partial charge on any atom is 0.0634 e. The lowest BCUT2D eigenvalue weighted by atomic mass is 9.97. The smallest absolute Gasteiger partial charge is 0.0634 e. The van der Waals surface area contributed by atoms with Crippen LogP contribution in [0.3, 0.4) is 0 Å². The second-order valence-electron chi connectivity index (χ2n) is 5.27. The third kappa shape index (κ3) is 6.39. The van der Waals surface area contributed by atoms with Gasteiger partial charge < -0.3 is 10.1 Å². The summed E-state index contributed by atoms with van der Waals surface area (Å²) in [5, 5.41) is 3.57. The van der Waals surface area contributed by atoms with Crippen LogP contribution in [0.1, 0.15) is 53.9 Å². The average Bonchev–Trinajstić information content (AvgIpc) is 2.03. The zero-order valence-electron chi connectivity index (χ0n) is 10.7. The molecule has 0 spiro atoms. The number of hydrogen-bond donors (Lipinski definition) is 1. The van der Waals surface area contributed by atoms with E-state index in [2.05, 4.69) is 39.9 Å². The first kappa shape index (κ1) is 13.9. The summed E-state index contributed by atoms with van der Waals surface area (Å²) >= 11 is 0. The van der Waals surface area contributed by atoms with Gasteiger partial charge in [0, 0.05) is 12.6 Å². The van der Waals surface area contributed by atoms with Crippen molar-refractivity contribution in [2.24, 2.45) is 0 Å². The molecule has 0 saturated carbocycles. The summed E-state index contributed by atoms with van der Waals surface area (Å²) in [4.78, 5) is 0. The predicted molar refractivity (Wildman–Crippen MR) is 62.7 cm³/mol. The fourth-order valence-electron chi connectivity index (χ4n) is 1.52. The van der Waals surface area contributed by atoms with Crippen molar-refractivity contribution in [3.63, 3.8) is 0 Å². The molecule has 0 aliphatic carbocycles. The zero-order chi connectivity index (χ0) is 11.2. The number of hydrogen-bond acceptors (Lipinski definition) is 2. The molecule has 0 aromatic rings. The lowest BCUT2D eigenvalue weighted by Gasteiger charge is -2.29. The largest absolute Gasteiger partial charge is 0.379 e. The van der Waals surface area contributed by atoms with Gasteiger partial charge >= 0.3 is 0 Å². The van der Waals surface area contributed by atoms with Gasteiger partial charge in [-0.3, -0.25) is 0 Å². The summed E-state index contributed by atoms with van der Waals surface area (Å²) in [5.41, 5.74) is 0.258. The Morgan fingerprint density at radius 3 is 2.07 bits per heavy atom. The van der Waals surface area contributed by atoms with Crippen molar-refractivity contribution in [1.29, 1.82) is 0 Å². The van der Waals surface area contributed by atoms with Crippen LogP contribution in [0, 0.1) is 0 Å². The van der Waals surface area contributed by atoms with Crippen molar-refractivity contribution < 1.29 is 4.74 Å². The number of ether oxygens (including phenoxy) is 1. The van der Waals surface area contributed by atoms with Gasteiger partial charge in [-0.15, -0.1) is 0 Å². The minimum atomic E-state index is -0.00467. The van der Waals surface area contributed by atoms with E-state index in [1.807, 2.05) is 0 Å². The summed E-state index contributed by atoms with van der Waals surface area (Å²) in [6, 6.07) is 0. The van der Waals surface area contributed by atoms with Crippen molar-refractivity contribution in [2.45, 2.75) is 65.0 Å². The molecule has 0 aliphatic rings. The molecule has 0 bridgehead atoms. The SMILES string of the molecule is CCCC(C)(C)NCCC(C)(C)OC. The first-order chi connectivity index (χ1) is 6.33. The number of methoxy groups -OCH3 is 1. The molecule has 0 radical (unpaired) electrons. The zero-order valence-corrected chi connectivity index (χ0v) is 10.7. The van der Waals surface area contributed by atoms with Crippen LogP contribution >= 0.6 is 0 Å². The summed E-state index contributed by atoms with van der Waals surface area (Å²) in [5.74, 6) is 0. The Bertz CT molecular complexity index is 152. The van der Waals surface area contributed by atoms with E-state index in [0.717, 1.165) is 13.0 Å². The maximum atomic E-state index is 5.37. The van der Waals surface area contributed by atoms with Gasteiger partial charge in [0.05, 0.1) is 5.60 Å². The summed E-state index contributed by atoms with van der Waals surface area (Å²) in [6.07, 6.45) is 3.50. The van der Waals surface area contributed by atoms with Crippen LogP contribution in [-0.2, 0) is 4.74 Å². The monoisotopic (exact) mass is 201 g/mol. The first-order valence-corrected chi connectivity index (χ1v) is 5.63. The molecule has 0 rings (SSSR count). The van der Waals surface area contributed by atoms with Gasteiger partial charge in [-0.2, -0.15) is 0 Å². The van der Waals surface area contributed by atoms with E-state index in [-0.39, 0.29) is 11.1 Å². The lowest BCUT2D eigenvalue weighted by molar-refractivity contribution is 0.0145. The highest BCUT2D eigenvalue weighted by atomic mass is 16.5. The molecule has 0 atom stereocenters. The van der Waals surface area contributed by atoms with Gasteiger partial charge in [-0.1, -0.05) is 13.3 Å². The second kappa shape index (κ2) is 5.72. The van der Waals surface area contributed by atoms with Crippen LogP contribution in [0.4, 0.5) is 0 Å². The maximum absolute atomic E-state index is 5.37. The molecular formula is C12H27NO. The highest BCUT2D eigenvalue weighted by Crippen LogP contribution is 2.14. The first-order valence-electron chi connectivity index (χ1n) is 5.63. The molecule has 0 fully saturated rings. The van der Waals surface area contributed by atoms with E-state index in [9.17, 15) is 0 Å². The second-order valence-corrected chi connectivity index (χ2v) is 5.27. The Morgan fingerprint density at radius 2 is 1.64 bits per heavy atom. The molecule has 0 saturated heterocycles. The molecular weight excluding hydrogens is 174 g/mol. The van der Waals surface area contributed by atoms with E-state index in [1.54, 1.807) is 7.11 Å². The van der Waals surface area contributed by atoms with Gasteiger partial charge in [-0.25, -0.2) is 0 Å². The highest BCUT2D eigenvalue weighted by Gasteiger charge is 2.19. The van der Waals surface area contributed by atoms with Crippen molar-refractivity contribution in [1.82, 2.24) is 5.32 Å². The Kier molecular flexibility index (Phi) is 5.68. The van der Waals surface area contributed by atoms with Crippen LogP contribution in [0.25, 0.3) is 0 Å². The van der Waals surface area contributed by atoms with Crippen LogP contribution in [0.15, 0.2) is 0 Å². The van der Waals surface area contributed by atoms with Crippen molar-refractivity contribution in [3.8, 4) is 0 Å². The van der Waals surface area contributed by atoms with Crippen molar-refractivity contribution in [2.75, 3.05) is 13.7 Å². The third-order valence-electron chi connectivity index (χ3n) is 2.76. The summed E-state index contributed by atoms with van der Waals surface area (Å²) < 4.78 is 5.37. The minimum Gasteiger partial charge on any atom is -0.379 e. The standard InChI is InChI=1S/C12H27NO/c1-7-8-11(2,3)13-10-9-12(4,5)14-6/h13H,7-10H2,1-6H3. The molecule has 0 aromatic heterocycles. The fourth-order valence-corrected chi connectivity index (χ4v) is 1.52. The van der Waals surface area contributed by atoms with Crippen LogP contribution in [0.5, 0.6) is 0 Å². The Morgan fingerprint density at radius 1 is 1.07 bits per heavy atom. The topological polar surface area (TPSA) is 21.3 Å². The molecule has 2 heteroatoms. The van der Waals surface area contributed by atoms with E-state index in [1.165, 1.54) is 12.8 Å². The van der Waals surface area contributed by atoms with Gasteiger partial charge in [0.1, 0.15) is 0 Å². The lowest BCUT2D eigenvalue weighted by Crippen LogP contribution is -2.41. The number of nitrogens with one attached hydrogen (secondary N) is 1. The molecule has 86 valence electrons. The quantitative estimate of drug-likeness (QED) is 0.684. The highest BCUT2D eigenvalue weighted by molar-refractivity contribution is 4.78. The molecule has 0 aliphatic heterocycles. The van der Waals surface area contributed by atoms with Crippen molar-refractivity contribution in [3.05, 3.63) is 0 Å². The molecule has 0 unspecified atom stereocenters. The third-order valence-corrected chi connectivity index (χ3v) is 2.76. The molecule has 2 nitrogen and oxygen atoms in total. The Hall–Kier alpha value is -0.0800. The van der Waals surface area contributed by atoms with Gasteiger partial charge in [0.25, 0.3) is 0 Å². The van der Waals surface area contributed by atoms with Crippen LogP contribution in [0.2, 0.25) is 0 Å². The molecule has 0 amide bonds. The van der Waals surface area contributed by atoms with E-state index in [0.29, 0.717) is 0 Å². The van der Waals surface area contributed by atoms with E-state index >= 15 is 0 Å². The molecule has 1 N–H and O–H groups in total. The van der Waals surface area contributed by atoms with Crippen molar-refractivity contribution >= 4 is 0 Å². The molecule has 0 aromatic carbocycles. The Balaban J connectivity index is 3.73. The molecule has 0 heterocycles. The van der Waals surface area contributed by atoms with Gasteiger partial charge in [0.15, 0.2) is 0 Å². The van der Waals surface area contributed by atoms with E-state index < -0.39 is 0 Å². The van der Waals surface area contributed by atoms with E-state index in [4.69, 9.17) is 4.74 Å². The average molecular weight is 201 g/mol. The minimum absolute atomic E-state index is 0.00467. The van der Waals surface area contributed by atoms with Crippen LogP contribution in [-0.4, -0.2) is 24.8 Å². The van der Waals surface area contributed by atoms with Crippen LogP contribution < -0.4 is 5.32 Å². The van der Waals surface area contributed by atoms with Gasteiger partial charge in [-0.05, 0) is 47.1 Å². The summed E-state index contributed by atoms with van der Waals surface area (Å²) in [6.45, 7) is 12.0. The fraction of sp³-hybridized carbons (Fsp3) is 1.00.